The Balaban J connectivity index is 1.09. The van der Waals surface area contributed by atoms with Crippen molar-refractivity contribution in [2.75, 3.05) is 16.8 Å². The Morgan fingerprint density at radius 3 is 2.62 bits per heavy atom. The average Bonchev–Trinajstić information content (AvgIpc) is 3.98. The van der Waals surface area contributed by atoms with Crippen molar-refractivity contribution >= 4 is 46.5 Å². The summed E-state index contributed by atoms with van der Waals surface area (Å²) < 4.78 is 16.5. The maximum atomic E-state index is 14.4. The van der Waals surface area contributed by atoms with Gasteiger partial charge < -0.3 is 10.2 Å². The summed E-state index contributed by atoms with van der Waals surface area (Å²) in [5.74, 6) is -0.486. The number of rotatable bonds is 7. The normalized spacial score (nSPS) is 15.7. The van der Waals surface area contributed by atoms with E-state index in [9.17, 15) is 14.0 Å². The zero-order valence-corrected chi connectivity index (χ0v) is 26.3. The zero-order chi connectivity index (χ0) is 30.7. The Labute approximate surface area is 268 Å². The second kappa shape index (κ2) is 11.3. The standard InChI is InChI=1S/C35H30FN5O2S2/c1-20-6-4-8-26(36)31(20)39-34(42)30-18-22-16-17-40(29-11-3-2-7-24(29)33(22)44-30)35(43)28-10-5-9-27(38-28)25-19-37-41(45-23-14-15-23)32(25)21-12-13-21/h2-11,18-19,21,23H,12-17H2,1H3,(H,39,42). The molecule has 0 spiro atoms. The molecule has 10 heteroatoms. The smallest absolute Gasteiger partial charge is 0.276 e. The first-order valence-electron chi connectivity index (χ1n) is 15.3. The quantitative estimate of drug-likeness (QED) is 0.195. The number of nitrogens with one attached hydrogen (secondary N) is 1. The molecule has 1 aliphatic heterocycles. The Morgan fingerprint density at radius 2 is 1.82 bits per heavy atom. The molecule has 0 bridgehead atoms. The highest BCUT2D eigenvalue weighted by atomic mass is 32.2. The van der Waals surface area contributed by atoms with Gasteiger partial charge in [0, 0.05) is 33.7 Å². The van der Waals surface area contributed by atoms with Crippen LogP contribution >= 0.6 is 23.3 Å². The lowest BCUT2D eigenvalue weighted by molar-refractivity contribution is 0.0981. The minimum Gasteiger partial charge on any atom is -0.319 e. The first-order valence-corrected chi connectivity index (χ1v) is 16.9. The topological polar surface area (TPSA) is 80.1 Å². The molecule has 2 aromatic carbocycles. The number of thiophene rings is 1. The lowest BCUT2D eigenvalue weighted by atomic mass is 10.1. The van der Waals surface area contributed by atoms with Gasteiger partial charge in [-0.2, -0.15) is 5.10 Å². The molecule has 0 atom stereocenters. The molecule has 226 valence electrons. The van der Waals surface area contributed by atoms with Gasteiger partial charge in [0.25, 0.3) is 11.8 Å². The second-order valence-corrected chi connectivity index (χ2v) is 14.2. The van der Waals surface area contributed by atoms with Crippen LogP contribution in [0.5, 0.6) is 0 Å². The van der Waals surface area contributed by atoms with Gasteiger partial charge in [0.1, 0.15) is 11.5 Å². The number of hydrogen-bond acceptors (Lipinski definition) is 6. The highest BCUT2D eigenvalue weighted by molar-refractivity contribution is 7.98. The molecule has 2 saturated carbocycles. The van der Waals surface area contributed by atoms with Gasteiger partial charge in [-0.25, -0.2) is 13.5 Å². The van der Waals surface area contributed by atoms with Crippen LogP contribution in [0.3, 0.4) is 0 Å². The monoisotopic (exact) mass is 635 g/mol. The van der Waals surface area contributed by atoms with Crippen molar-refractivity contribution < 1.29 is 14.0 Å². The third-order valence-electron chi connectivity index (χ3n) is 8.54. The molecule has 1 N–H and O–H groups in total. The Morgan fingerprint density at radius 1 is 1.00 bits per heavy atom. The summed E-state index contributed by atoms with van der Waals surface area (Å²) >= 11 is 3.17. The number of pyridine rings is 1. The fraction of sp³-hybridized carbons (Fsp3) is 0.257. The summed E-state index contributed by atoms with van der Waals surface area (Å²) in [6, 6.07) is 20.0. The highest BCUT2D eigenvalue weighted by Crippen LogP contribution is 2.47. The largest absolute Gasteiger partial charge is 0.319 e. The van der Waals surface area contributed by atoms with E-state index in [2.05, 4.69) is 9.40 Å². The molecule has 7 nitrogen and oxygen atoms in total. The molecular weight excluding hydrogens is 606 g/mol. The van der Waals surface area contributed by atoms with E-state index in [0.717, 1.165) is 45.8 Å². The number of amides is 2. The van der Waals surface area contributed by atoms with Crippen LogP contribution in [-0.4, -0.2) is 37.8 Å². The number of para-hydroxylation sites is 2. The summed E-state index contributed by atoms with van der Waals surface area (Å²) in [6.07, 6.45) is 7.25. The molecule has 0 radical (unpaired) electrons. The summed E-state index contributed by atoms with van der Waals surface area (Å²) in [5.41, 5.74) is 6.88. The molecule has 45 heavy (non-hydrogen) atoms. The molecule has 3 aliphatic rings. The van der Waals surface area contributed by atoms with E-state index in [1.54, 1.807) is 30.0 Å². The maximum Gasteiger partial charge on any atom is 0.276 e. The lowest BCUT2D eigenvalue weighted by Crippen LogP contribution is -2.33. The summed E-state index contributed by atoms with van der Waals surface area (Å²) in [7, 11) is 0. The third-order valence-corrected chi connectivity index (χ3v) is 11.0. The van der Waals surface area contributed by atoms with E-state index in [4.69, 9.17) is 10.1 Å². The molecule has 2 amide bonds. The molecular formula is C35H30FN5O2S2. The molecule has 3 aromatic heterocycles. The van der Waals surface area contributed by atoms with Crippen LogP contribution in [0.4, 0.5) is 15.8 Å². The molecule has 2 aliphatic carbocycles. The predicted molar refractivity (Wildman–Crippen MR) is 178 cm³/mol. The number of aryl methyl sites for hydroxylation is 1. The number of carbonyl (C=O) groups excluding carboxylic acids is 2. The van der Waals surface area contributed by atoms with Crippen molar-refractivity contribution in [2.24, 2.45) is 0 Å². The lowest BCUT2D eigenvalue weighted by Gasteiger charge is -2.23. The van der Waals surface area contributed by atoms with Crippen LogP contribution in [0.1, 0.15) is 68.6 Å². The van der Waals surface area contributed by atoms with Gasteiger partial charge >= 0.3 is 0 Å². The fourth-order valence-electron chi connectivity index (χ4n) is 5.90. The second-order valence-electron chi connectivity index (χ2n) is 11.9. The molecule has 0 unspecified atom stereocenters. The number of hydrogen-bond donors (Lipinski definition) is 1. The van der Waals surface area contributed by atoms with Gasteiger partial charge in [-0.05, 0) is 92.4 Å². The zero-order valence-electron chi connectivity index (χ0n) is 24.6. The Bertz CT molecular complexity index is 1960. The Kier molecular flexibility index (Phi) is 7.06. The van der Waals surface area contributed by atoms with E-state index >= 15 is 0 Å². The maximum absolute atomic E-state index is 14.4. The third kappa shape index (κ3) is 5.36. The van der Waals surface area contributed by atoms with Crippen LogP contribution in [-0.2, 0) is 6.42 Å². The predicted octanol–water partition coefficient (Wildman–Crippen LogP) is 8.11. The van der Waals surface area contributed by atoms with E-state index in [-0.39, 0.29) is 17.5 Å². The van der Waals surface area contributed by atoms with Crippen molar-refractivity contribution in [3.8, 4) is 21.7 Å². The molecule has 2 fully saturated rings. The van der Waals surface area contributed by atoms with E-state index < -0.39 is 5.82 Å². The number of carbonyl (C=O) groups is 2. The van der Waals surface area contributed by atoms with Gasteiger partial charge in [-0.3, -0.25) is 9.59 Å². The number of anilines is 2. The summed E-state index contributed by atoms with van der Waals surface area (Å²) in [6.45, 7) is 2.20. The van der Waals surface area contributed by atoms with Crippen LogP contribution in [0.15, 0.2) is 72.9 Å². The van der Waals surface area contributed by atoms with Gasteiger partial charge in [-0.15, -0.1) is 11.3 Å². The van der Waals surface area contributed by atoms with Crippen LogP contribution in [0.25, 0.3) is 21.7 Å². The number of fused-ring (bicyclic) bond motifs is 3. The van der Waals surface area contributed by atoms with Crippen molar-refractivity contribution in [3.63, 3.8) is 0 Å². The molecule has 5 aromatic rings. The van der Waals surface area contributed by atoms with Crippen molar-refractivity contribution in [1.82, 2.24) is 14.2 Å². The van der Waals surface area contributed by atoms with Gasteiger partial charge in [-0.1, -0.05) is 36.4 Å². The molecule has 8 rings (SSSR count). The van der Waals surface area contributed by atoms with Gasteiger partial charge in [0.15, 0.2) is 0 Å². The van der Waals surface area contributed by atoms with Crippen LogP contribution < -0.4 is 10.2 Å². The van der Waals surface area contributed by atoms with Gasteiger partial charge in [0.05, 0.1) is 33.8 Å². The SMILES string of the molecule is Cc1cccc(F)c1NC(=O)c1cc2c(s1)-c1ccccc1N(C(=O)c1cccc(-c3cnn(SC4CC4)c3C3CC3)n1)CC2. The highest BCUT2D eigenvalue weighted by Gasteiger charge is 2.34. The fourth-order valence-corrected chi connectivity index (χ4v) is 8.13. The minimum atomic E-state index is -0.464. The first kappa shape index (κ1) is 28.2. The van der Waals surface area contributed by atoms with E-state index in [1.165, 1.54) is 35.9 Å². The molecule has 4 heterocycles. The van der Waals surface area contributed by atoms with E-state index in [1.807, 2.05) is 60.6 Å². The minimum absolute atomic E-state index is 0.167. The Hall–Kier alpha value is -4.28. The summed E-state index contributed by atoms with van der Waals surface area (Å²) in [5, 5.41) is 8.11. The average molecular weight is 636 g/mol. The van der Waals surface area contributed by atoms with Gasteiger partial charge in [0.2, 0.25) is 0 Å². The van der Waals surface area contributed by atoms with Crippen molar-refractivity contribution in [1.29, 1.82) is 0 Å². The van der Waals surface area contributed by atoms with Crippen molar-refractivity contribution in [2.45, 2.75) is 50.2 Å². The van der Waals surface area contributed by atoms with Crippen LogP contribution in [0, 0.1) is 12.7 Å². The number of nitrogens with zero attached hydrogens (tertiary/aromatic N) is 4. The summed E-state index contributed by atoms with van der Waals surface area (Å²) in [4.78, 5) is 35.5. The number of benzene rings is 2. The van der Waals surface area contributed by atoms with Crippen LogP contribution in [0.2, 0.25) is 0 Å². The first-order chi connectivity index (χ1) is 21.9. The van der Waals surface area contributed by atoms with Crippen molar-refractivity contribution in [3.05, 3.63) is 106 Å². The van der Waals surface area contributed by atoms with E-state index in [0.29, 0.717) is 40.3 Å². The number of aromatic nitrogens is 3. The number of halogens is 1. The molecule has 0 saturated heterocycles.